The van der Waals surface area contributed by atoms with Crippen LogP contribution in [0.4, 0.5) is 0 Å². The highest BCUT2D eigenvalue weighted by molar-refractivity contribution is 5.38. The Morgan fingerprint density at radius 1 is 0.824 bits per heavy atom. The van der Waals surface area contributed by atoms with Crippen molar-refractivity contribution in [1.82, 2.24) is 0 Å². The third kappa shape index (κ3) is 0.490. The van der Waals surface area contributed by atoms with Crippen LogP contribution in [-0.2, 0) is 0 Å². The van der Waals surface area contributed by atoms with Crippen LogP contribution < -0.4 is 0 Å². The molecule has 3 spiro atoms. The molecule has 0 N–H and O–H groups in total. The highest BCUT2D eigenvalue weighted by Gasteiger charge is 2.90. The fourth-order valence-corrected chi connectivity index (χ4v) is 10.6. The van der Waals surface area contributed by atoms with E-state index in [1.807, 2.05) is 0 Å². The van der Waals surface area contributed by atoms with Crippen molar-refractivity contribution >= 4 is 0 Å². The van der Waals surface area contributed by atoms with Crippen molar-refractivity contribution in [3.05, 3.63) is 0 Å². The first-order chi connectivity index (χ1) is 8.29. The molecule has 0 radical (unpaired) electrons. The van der Waals surface area contributed by atoms with Crippen LogP contribution in [0, 0.1) is 51.8 Å². The summed E-state index contributed by atoms with van der Waals surface area (Å²) in [7, 11) is 0. The van der Waals surface area contributed by atoms with Crippen molar-refractivity contribution in [2.75, 3.05) is 0 Å². The zero-order chi connectivity index (χ0) is 10.6. The number of hydrogen-bond donors (Lipinski definition) is 0. The minimum Gasteiger partial charge on any atom is -0.0499 e. The second-order valence-corrected chi connectivity index (χ2v) is 9.34. The first-order valence-corrected chi connectivity index (χ1v) is 8.29. The SMILES string of the molecule is C1CC2CC3CC45CC6C1CC1(CC4C2C361)C5. The number of hydrogen-bond acceptors (Lipinski definition) is 0. The molecule has 0 saturated heterocycles. The van der Waals surface area contributed by atoms with Crippen molar-refractivity contribution in [3.63, 3.8) is 0 Å². The highest BCUT2D eigenvalue weighted by Crippen LogP contribution is 2.97. The van der Waals surface area contributed by atoms with Gasteiger partial charge in [-0.25, -0.2) is 0 Å². The first kappa shape index (κ1) is 8.23. The summed E-state index contributed by atoms with van der Waals surface area (Å²) in [5.74, 6) is 7.39. The molecular weight excluding hydrogens is 204 g/mol. The average Bonchev–Trinajstić information content (AvgIpc) is 2.86. The maximum atomic E-state index is 1.72. The summed E-state index contributed by atoms with van der Waals surface area (Å²) in [6.45, 7) is 0. The predicted octanol–water partition coefficient (Wildman–Crippen LogP) is 3.86. The Hall–Kier alpha value is 0. The van der Waals surface area contributed by atoms with E-state index >= 15 is 0 Å². The van der Waals surface area contributed by atoms with Gasteiger partial charge >= 0.3 is 0 Å². The molecule has 6 aliphatic carbocycles. The van der Waals surface area contributed by atoms with E-state index in [0.29, 0.717) is 0 Å². The van der Waals surface area contributed by atoms with Gasteiger partial charge in [-0.2, -0.15) is 0 Å². The maximum Gasteiger partial charge on any atom is -0.0147 e. The van der Waals surface area contributed by atoms with Gasteiger partial charge in [0.15, 0.2) is 0 Å². The molecule has 6 aliphatic rings. The standard InChI is InChI=1S/C17H22/c1-2-10-4-16-7-13-14-9(1)3-11-5-15(13,8-16)6-12(10)17(11,14)16/h9-14H,1-8H2. The zero-order valence-corrected chi connectivity index (χ0v) is 10.6. The Labute approximate surface area is 104 Å². The fraction of sp³-hybridized carbons (Fsp3) is 1.00. The third-order valence-corrected chi connectivity index (χ3v) is 9.79. The summed E-state index contributed by atoms with van der Waals surface area (Å²) in [6.07, 6.45) is 13.5. The maximum absolute atomic E-state index is 1.72. The molecule has 0 amide bonds. The van der Waals surface area contributed by atoms with Crippen molar-refractivity contribution in [2.24, 2.45) is 51.8 Å². The van der Waals surface area contributed by atoms with Gasteiger partial charge in [-0.3, -0.25) is 0 Å². The lowest BCUT2D eigenvalue weighted by Crippen LogP contribution is -2.63. The van der Waals surface area contributed by atoms with Crippen LogP contribution in [0.2, 0.25) is 0 Å². The van der Waals surface area contributed by atoms with Gasteiger partial charge in [-0.05, 0) is 103 Å². The average molecular weight is 226 g/mol. The van der Waals surface area contributed by atoms with Gasteiger partial charge in [0.2, 0.25) is 0 Å². The van der Waals surface area contributed by atoms with Gasteiger partial charge in [0.25, 0.3) is 0 Å². The zero-order valence-electron chi connectivity index (χ0n) is 10.6. The Bertz CT molecular complexity index is 474. The smallest absolute Gasteiger partial charge is 0.0147 e. The summed E-state index contributed by atoms with van der Waals surface area (Å²) in [6, 6.07) is 0. The molecule has 5 bridgehead atoms. The quantitative estimate of drug-likeness (QED) is 0.588. The molecule has 6 rings (SSSR count). The normalized spacial score (nSPS) is 83.3. The van der Waals surface area contributed by atoms with Gasteiger partial charge in [0, 0.05) is 0 Å². The van der Waals surface area contributed by atoms with E-state index in [1.165, 1.54) is 35.5 Å². The fourth-order valence-electron chi connectivity index (χ4n) is 10.6. The van der Waals surface area contributed by atoms with E-state index in [9.17, 15) is 0 Å². The van der Waals surface area contributed by atoms with Gasteiger partial charge < -0.3 is 0 Å². The lowest BCUT2D eigenvalue weighted by Gasteiger charge is -2.69. The molecule has 0 heteroatoms. The molecule has 0 aromatic carbocycles. The molecule has 6 saturated carbocycles. The minimum atomic E-state index is 0.924. The Morgan fingerprint density at radius 3 is 2.76 bits per heavy atom. The van der Waals surface area contributed by atoms with Crippen molar-refractivity contribution in [2.45, 2.75) is 51.4 Å². The number of rotatable bonds is 0. The van der Waals surface area contributed by atoms with Crippen molar-refractivity contribution in [1.29, 1.82) is 0 Å². The molecule has 0 aliphatic heterocycles. The van der Waals surface area contributed by atoms with E-state index in [0.717, 1.165) is 16.2 Å². The lowest BCUT2D eigenvalue weighted by atomic mass is 9.35. The first-order valence-electron chi connectivity index (χ1n) is 8.29. The van der Waals surface area contributed by atoms with Gasteiger partial charge in [0.05, 0.1) is 0 Å². The van der Waals surface area contributed by atoms with Gasteiger partial charge in [-0.15, -0.1) is 0 Å². The predicted molar refractivity (Wildman–Crippen MR) is 65.2 cm³/mol. The number of fused-ring (bicyclic) bond motifs is 2. The molecule has 0 aromatic rings. The molecule has 0 aromatic heterocycles. The summed E-state index contributed by atoms with van der Waals surface area (Å²) >= 11 is 0. The second-order valence-electron chi connectivity index (χ2n) is 9.34. The van der Waals surface area contributed by atoms with E-state index in [2.05, 4.69) is 0 Å². The Morgan fingerprint density at radius 2 is 1.76 bits per heavy atom. The van der Waals surface area contributed by atoms with Gasteiger partial charge in [-0.1, -0.05) is 0 Å². The summed E-state index contributed by atoms with van der Waals surface area (Å²) in [4.78, 5) is 0. The highest BCUT2D eigenvalue weighted by atomic mass is 14.9. The van der Waals surface area contributed by atoms with Crippen molar-refractivity contribution in [3.8, 4) is 0 Å². The summed E-state index contributed by atoms with van der Waals surface area (Å²) in [5, 5.41) is 0. The van der Waals surface area contributed by atoms with Gasteiger partial charge in [0.1, 0.15) is 0 Å². The monoisotopic (exact) mass is 226 g/mol. The topological polar surface area (TPSA) is 0 Å². The molecule has 9 atom stereocenters. The summed E-state index contributed by atoms with van der Waals surface area (Å²) < 4.78 is 0. The van der Waals surface area contributed by atoms with Crippen LogP contribution in [-0.4, -0.2) is 0 Å². The van der Waals surface area contributed by atoms with Crippen LogP contribution in [0.3, 0.4) is 0 Å². The van der Waals surface area contributed by atoms with E-state index < -0.39 is 0 Å². The molecule has 17 heavy (non-hydrogen) atoms. The molecule has 9 unspecified atom stereocenters. The molecule has 6 fully saturated rings. The van der Waals surface area contributed by atoms with Crippen LogP contribution in [0.25, 0.3) is 0 Å². The second kappa shape index (κ2) is 1.86. The molecule has 0 nitrogen and oxygen atoms in total. The van der Waals surface area contributed by atoms with Crippen LogP contribution in [0.1, 0.15) is 51.4 Å². The largest absolute Gasteiger partial charge is 0.0499 e. The third-order valence-electron chi connectivity index (χ3n) is 9.79. The van der Waals surface area contributed by atoms with Crippen LogP contribution in [0.5, 0.6) is 0 Å². The molecular formula is C17H22. The van der Waals surface area contributed by atoms with E-state index in [4.69, 9.17) is 0 Å². The van der Waals surface area contributed by atoms with Crippen LogP contribution >= 0.6 is 0 Å². The van der Waals surface area contributed by atoms with Crippen LogP contribution in [0.15, 0.2) is 0 Å². The molecule has 90 valence electrons. The summed E-state index contributed by atoms with van der Waals surface area (Å²) in [5.41, 5.74) is 2.82. The Kier molecular flexibility index (Phi) is 0.900. The van der Waals surface area contributed by atoms with E-state index in [1.54, 1.807) is 51.4 Å². The minimum absolute atomic E-state index is 0.924. The molecule has 0 heterocycles. The lowest BCUT2D eigenvalue weighted by molar-refractivity contribution is -0.209. The Balaban J connectivity index is 1.70. The van der Waals surface area contributed by atoms with E-state index in [-0.39, 0.29) is 0 Å². The van der Waals surface area contributed by atoms with Crippen molar-refractivity contribution < 1.29 is 0 Å².